The predicted octanol–water partition coefficient (Wildman–Crippen LogP) is 2.92. The van der Waals surface area contributed by atoms with E-state index >= 15 is 0 Å². The summed E-state index contributed by atoms with van der Waals surface area (Å²) in [6.07, 6.45) is 2.51. The minimum atomic E-state index is -0.927. The van der Waals surface area contributed by atoms with E-state index in [1.54, 1.807) is 20.2 Å². The first-order valence-electron chi connectivity index (χ1n) is 7.19. The summed E-state index contributed by atoms with van der Waals surface area (Å²) in [6.45, 7) is 1.71. The third-order valence-electron chi connectivity index (χ3n) is 3.30. The number of benzene rings is 1. The molecule has 0 fully saturated rings. The molecule has 7 heteroatoms. The van der Waals surface area contributed by atoms with Crippen LogP contribution in [-0.2, 0) is 11.2 Å². The number of nitrogens with zero attached hydrogens (tertiary/aromatic N) is 2. The molecule has 122 valence electrons. The van der Waals surface area contributed by atoms with Gasteiger partial charge in [0.1, 0.15) is 0 Å². The van der Waals surface area contributed by atoms with E-state index < -0.39 is 11.9 Å². The molecule has 0 aliphatic heterocycles. The summed E-state index contributed by atoms with van der Waals surface area (Å²) < 4.78 is 0. The Morgan fingerprint density at radius 1 is 1.35 bits per heavy atom. The lowest BCUT2D eigenvalue weighted by molar-refractivity contribution is -0.141. The number of aliphatic carboxylic acids is 1. The highest BCUT2D eigenvalue weighted by molar-refractivity contribution is 7.15. The van der Waals surface area contributed by atoms with Crippen molar-refractivity contribution in [3.05, 3.63) is 47.0 Å². The van der Waals surface area contributed by atoms with Crippen molar-refractivity contribution >= 4 is 28.5 Å². The van der Waals surface area contributed by atoms with Crippen LogP contribution in [0.3, 0.4) is 0 Å². The molecular formula is C16H19N3O3S. The van der Waals surface area contributed by atoms with E-state index in [1.165, 1.54) is 21.8 Å². The van der Waals surface area contributed by atoms with Crippen molar-refractivity contribution in [2.75, 3.05) is 18.9 Å². The van der Waals surface area contributed by atoms with E-state index in [0.717, 1.165) is 11.3 Å². The SMILES string of the molecule is CC(CN(C)C(=O)Nc1ncc(Cc2ccccc2)s1)C(=O)O. The second kappa shape index (κ2) is 7.73. The summed E-state index contributed by atoms with van der Waals surface area (Å²) in [4.78, 5) is 29.4. The van der Waals surface area contributed by atoms with Crippen molar-refractivity contribution < 1.29 is 14.7 Å². The number of amides is 2. The average molecular weight is 333 g/mol. The van der Waals surface area contributed by atoms with Crippen LogP contribution in [0.4, 0.5) is 9.93 Å². The normalized spacial score (nSPS) is 11.7. The van der Waals surface area contributed by atoms with Crippen molar-refractivity contribution in [3.8, 4) is 0 Å². The highest BCUT2D eigenvalue weighted by Crippen LogP contribution is 2.21. The van der Waals surface area contributed by atoms with Gasteiger partial charge in [-0.05, 0) is 5.56 Å². The van der Waals surface area contributed by atoms with Crippen LogP contribution < -0.4 is 5.32 Å². The minimum absolute atomic E-state index is 0.142. The Bertz CT molecular complexity index is 672. The van der Waals surface area contributed by atoms with Crippen LogP contribution in [-0.4, -0.2) is 40.6 Å². The molecule has 0 saturated carbocycles. The third kappa shape index (κ3) is 5.07. The highest BCUT2D eigenvalue weighted by atomic mass is 32.1. The van der Waals surface area contributed by atoms with Crippen LogP contribution in [0.15, 0.2) is 36.5 Å². The first-order valence-corrected chi connectivity index (χ1v) is 8.01. The maximum absolute atomic E-state index is 12.0. The quantitative estimate of drug-likeness (QED) is 0.851. The lowest BCUT2D eigenvalue weighted by atomic mass is 10.1. The van der Waals surface area contributed by atoms with Gasteiger partial charge in [0.2, 0.25) is 0 Å². The Labute approximate surface area is 138 Å². The number of nitrogens with one attached hydrogen (secondary N) is 1. The van der Waals surface area contributed by atoms with Gasteiger partial charge in [-0.2, -0.15) is 0 Å². The second-order valence-electron chi connectivity index (χ2n) is 5.34. The van der Waals surface area contributed by atoms with Gasteiger partial charge in [-0.3, -0.25) is 10.1 Å². The van der Waals surface area contributed by atoms with E-state index in [9.17, 15) is 9.59 Å². The Balaban J connectivity index is 1.91. The molecule has 2 aromatic rings. The number of carbonyl (C=O) groups is 2. The Kier molecular flexibility index (Phi) is 5.70. The average Bonchev–Trinajstić information content (AvgIpc) is 2.95. The molecule has 23 heavy (non-hydrogen) atoms. The van der Waals surface area contributed by atoms with Crippen LogP contribution in [0.1, 0.15) is 17.4 Å². The molecule has 0 saturated heterocycles. The highest BCUT2D eigenvalue weighted by Gasteiger charge is 2.18. The fourth-order valence-electron chi connectivity index (χ4n) is 2.00. The van der Waals surface area contributed by atoms with Gasteiger partial charge < -0.3 is 10.0 Å². The van der Waals surface area contributed by atoms with Gasteiger partial charge in [-0.15, -0.1) is 11.3 Å². The molecular weight excluding hydrogens is 314 g/mol. The standard InChI is InChI=1S/C16H19N3O3S/c1-11(14(20)21)10-19(2)16(22)18-15-17-9-13(23-15)8-12-6-4-3-5-7-12/h3-7,9,11H,8,10H2,1-2H3,(H,20,21)(H,17,18,22). The number of thiazole rings is 1. The number of carbonyl (C=O) groups excluding carboxylic acids is 1. The minimum Gasteiger partial charge on any atom is -0.481 e. The summed E-state index contributed by atoms with van der Waals surface area (Å²) in [5.74, 6) is -1.54. The van der Waals surface area contributed by atoms with Crippen molar-refractivity contribution in [2.24, 2.45) is 5.92 Å². The monoisotopic (exact) mass is 333 g/mol. The number of urea groups is 1. The fraction of sp³-hybridized carbons (Fsp3) is 0.312. The number of hydrogen-bond acceptors (Lipinski definition) is 4. The van der Waals surface area contributed by atoms with Crippen LogP contribution in [0, 0.1) is 5.92 Å². The Morgan fingerprint density at radius 3 is 2.70 bits per heavy atom. The zero-order chi connectivity index (χ0) is 16.8. The lowest BCUT2D eigenvalue weighted by Gasteiger charge is -2.19. The fourth-order valence-corrected chi connectivity index (χ4v) is 2.84. The van der Waals surface area contributed by atoms with Crippen molar-refractivity contribution in [2.45, 2.75) is 13.3 Å². The molecule has 0 aliphatic rings. The maximum atomic E-state index is 12.0. The number of anilines is 1. The molecule has 1 aromatic heterocycles. The first kappa shape index (κ1) is 17.0. The number of hydrogen-bond donors (Lipinski definition) is 2. The maximum Gasteiger partial charge on any atom is 0.323 e. The van der Waals surface area contributed by atoms with Gasteiger partial charge in [-0.1, -0.05) is 37.3 Å². The number of carboxylic acids is 1. The summed E-state index contributed by atoms with van der Waals surface area (Å²) in [6, 6.07) is 9.65. The van der Waals surface area contributed by atoms with Gasteiger partial charge in [0.05, 0.1) is 5.92 Å². The van der Waals surface area contributed by atoms with Gasteiger partial charge in [0.25, 0.3) is 0 Å². The van der Waals surface area contributed by atoms with Gasteiger partial charge in [0, 0.05) is 31.1 Å². The first-order chi connectivity index (χ1) is 11.0. The topological polar surface area (TPSA) is 82.5 Å². The zero-order valence-corrected chi connectivity index (χ0v) is 13.8. The van der Waals surface area contributed by atoms with E-state index in [1.807, 2.05) is 30.3 Å². The van der Waals surface area contributed by atoms with Crippen molar-refractivity contribution in [3.63, 3.8) is 0 Å². The molecule has 2 N–H and O–H groups in total. The third-order valence-corrected chi connectivity index (χ3v) is 4.22. The summed E-state index contributed by atoms with van der Waals surface area (Å²) in [7, 11) is 1.56. The number of aromatic nitrogens is 1. The zero-order valence-electron chi connectivity index (χ0n) is 13.0. The molecule has 1 heterocycles. The van der Waals surface area contributed by atoms with Crippen LogP contribution in [0.25, 0.3) is 0 Å². The van der Waals surface area contributed by atoms with Crippen molar-refractivity contribution in [1.29, 1.82) is 0 Å². The van der Waals surface area contributed by atoms with E-state index in [4.69, 9.17) is 5.11 Å². The molecule has 6 nitrogen and oxygen atoms in total. The Morgan fingerprint density at radius 2 is 2.04 bits per heavy atom. The number of carboxylic acid groups (broad SMARTS) is 1. The summed E-state index contributed by atoms with van der Waals surface area (Å²) >= 11 is 1.41. The smallest absolute Gasteiger partial charge is 0.323 e. The Hall–Kier alpha value is -2.41. The molecule has 0 aliphatic carbocycles. The predicted molar refractivity (Wildman–Crippen MR) is 89.8 cm³/mol. The molecule has 0 spiro atoms. The molecule has 0 bridgehead atoms. The molecule has 2 amide bonds. The molecule has 2 rings (SSSR count). The molecule has 1 unspecified atom stereocenters. The van der Waals surface area contributed by atoms with E-state index in [-0.39, 0.29) is 12.6 Å². The van der Waals surface area contributed by atoms with Crippen LogP contribution in [0.5, 0.6) is 0 Å². The second-order valence-corrected chi connectivity index (χ2v) is 6.46. The molecule has 1 atom stereocenters. The lowest BCUT2D eigenvalue weighted by Crippen LogP contribution is -2.36. The van der Waals surface area contributed by atoms with Crippen LogP contribution in [0.2, 0.25) is 0 Å². The van der Waals surface area contributed by atoms with Gasteiger partial charge >= 0.3 is 12.0 Å². The molecule has 0 radical (unpaired) electrons. The van der Waals surface area contributed by atoms with E-state index in [0.29, 0.717) is 5.13 Å². The van der Waals surface area contributed by atoms with E-state index in [2.05, 4.69) is 10.3 Å². The van der Waals surface area contributed by atoms with Crippen LogP contribution >= 0.6 is 11.3 Å². The van der Waals surface area contributed by atoms with Gasteiger partial charge in [-0.25, -0.2) is 9.78 Å². The number of rotatable bonds is 6. The van der Waals surface area contributed by atoms with Gasteiger partial charge in [0.15, 0.2) is 5.13 Å². The summed E-state index contributed by atoms with van der Waals surface area (Å²) in [5.41, 5.74) is 1.18. The van der Waals surface area contributed by atoms with Crippen molar-refractivity contribution in [1.82, 2.24) is 9.88 Å². The largest absolute Gasteiger partial charge is 0.481 e. The molecule has 1 aromatic carbocycles. The summed E-state index contributed by atoms with van der Waals surface area (Å²) in [5, 5.41) is 12.1.